The molecule has 0 aromatic heterocycles. The van der Waals surface area contributed by atoms with Gasteiger partial charge in [0.25, 0.3) is 0 Å². The Morgan fingerprint density at radius 3 is 2.86 bits per heavy atom. The van der Waals surface area contributed by atoms with Gasteiger partial charge >= 0.3 is 0 Å². The van der Waals surface area contributed by atoms with Crippen LogP contribution in [0.4, 0.5) is 4.39 Å². The molecule has 3 atom stereocenters. The van der Waals surface area contributed by atoms with Gasteiger partial charge in [0, 0.05) is 16.9 Å². The van der Waals surface area contributed by atoms with Crippen LogP contribution in [-0.2, 0) is 11.2 Å². The average Bonchev–Trinajstić information content (AvgIpc) is 2.49. The van der Waals surface area contributed by atoms with Crippen LogP contribution in [0.1, 0.15) is 44.1 Å². The summed E-state index contributed by atoms with van der Waals surface area (Å²) in [5, 5.41) is 3.52. The first-order chi connectivity index (χ1) is 10.1. The van der Waals surface area contributed by atoms with Gasteiger partial charge in [-0.3, -0.25) is 4.79 Å². The van der Waals surface area contributed by atoms with Gasteiger partial charge in [0.05, 0.1) is 6.04 Å². The zero-order valence-electron chi connectivity index (χ0n) is 12.1. The predicted molar refractivity (Wildman–Crippen MR) is 84.7 cm³/mol. The summed E-state index contributed by atoms with van der Waals surface area (Å²) in [6, 6.07) is 5.32. The van der Waals surface area contributed by atoms with Crippen molar-refractivity contribution < 1.29 is 9.18 Å². The summed E-state index contributed by atoms with van der Waals surface area (Å²) < 4.78 is 14.5. The zero-order valence-corrected chi connectivity index (χ0v) is 13.7. The molecule has 2 aliphatic rings. The van der Waals surface area contributed by atoms with Crippen molar-refractivity contribution >= 4 is 21.7 Å². The van der Waals surface area contributed by atoms with Crippen molar-refractivity contribution in [3.05, 3.63) is 34.1 Å². The van der Waals surface area contributed by atoms with Crippen molar-refractivity contribution in [1.29, 1.82) is 0 Å². The SMILES string of the molecule is O=C(Cc1ccc(Br)cc1F)C1CCC2CCCCC2N1. The predicted octanol–water partition coefficient (Wildman–Crippen LogP) is 4.01. The number of ketones is 1. The second-order valence-electron chi connectivity index (χ2n) is 6.33. The number of hydrogen-bond donors (Lipinski definition) is 1. The number of fused-ring (bicyclic) bond motifs is 1. The molecule has 1 saturated carbocycles. The molecule has 114 valence electrons. The topological polar surface area (TPSA) is 29.1 Å². The van der Waals surface area contributed by atoms with Gasteiger partial charge in [0.15, 0.2) is 5.78 Å². The Kier molecular flexibility index (Phi) is 4.75. The Bertz CT molecular complexity index is 534. The van der Waals surface area contributed by atoms with Gasteiger partial charge in [0.2, 0.25) is 0 Å². The van der Waals surface area contributed by atoms with E-state index in [1.165, 1.54) is 31.7 Å². The number of carbonyl (C=O) groups excluding carboxylic acids is 1. The fourth-order valence-corrected chi connectivity index (χ4v) is 4.06. The molecule has 1 heterocycles. The minimum Gasteiger partial charge on any atom is -0.304 e. The highest BCUT2D eigenvalue weighted by Gasteiger charge is 2.34. The van der Waals surface area contributed by atoms with Crippen LogP contribution in [0.5, 0.6) is 0 Å². The van der Waals surface area contributed by atoms with Gasteiger partial charge in [-0.25, -0.2) is 4.39 Å². The average molecular weight is 354 g/mol. The second-order valence-corrected chi connectivity index (χ2v) is 7.24. The number of halogens is 2. The smallest absolute Gasteiger partial charge is 0.154 e. The molecule has 2 nitrogen and oxygen atoms in total. The molecule has 1 aliphatic carbocycles. The molecule has 2 fully saturated rings. The molecule has 0 amide bonds. The third-order valence-electron chi connectivity index (χ3n) is 4.92. The third kappa shape index (κ3) is 3.54. The number of Topliss-reactive ketones (excluding diaryl/α,β-unsaturated/α-hetero) is 1. The Morgan fingerprint density at radius 1 is 1.24 bits per heavy atom. The first-order valence-electron chi connectivity index (χ1n) is 7.86. The van der Waals surface area contributed by atoms with Crippen LogP contribution in [0.3, 0.4) is 0 Å². The molecule has 1 N–H and O–H groups in total. The summed E-state index contributed by atoms with van der Waals surface area (Å²) in [7, 11) is 0. The van der Waals surface area contributed by atoms with Crippen LogP contribution in [0.15, 0.2) is 22.7 Å². The van der Waals surface area contributed by atoms with Crippen LogP contribution >= 0.6 is 15.9 Å². The van der Waals surface area contributed by atoms with Crippen molar-refractivity contribution in [3.8, 4) is 0 Å². The van der Waals surface area contributed by atoms with E-state index in [-0.39, 0.29) is 24.1 Å². The van der Waals surface area contributed by atoms with Crippen LogP contribution in [0, 0.1) is 11.7 Å². The number of piperidine rings is 1. The number of hydrogen-bond acceptors (Lipinski definition) is 2. The van der Waals surface area contributed by atoms with Crippen LogP contribution < -0.4 is 5.32 Å². The Hall–Kier alpha value is -0.740. The minimum absolute atomic E-state index is 0.0904. The molecule has 4 heteroatoms. The molecule has 3 unspecified atom stereocenters. The molecule has 1 saturated heterocycles. The van der Waals surface area contributed by atoms with Crippen molar-refractivity contribution in [2.75, 3.05) is 0 Å². The summed E-state index contributed by atoms with van der Waals surface area (Å²) in [5.74, 6) is 0.566. The van der Waals surface area contributed by atoms with Gasteiger partial charge in [-0.15, -0.1) is 0 Å². The standard InChI is InChI=1S/C17H21BrFNO/c18-13-7-5-12(14(19)10-13)9-17(21)16-8-6-11-3-1-2-4-15(11)20-16/h5,7,10-11,15-16,20H,1-4,6,8-9H2. The summed E-state index contributed by atoms with van der Waals surface area (Å²) in [5.41, 5.74) is 0.496. The summed E-state index contributed by atoms with van der Waals surface area (Å²) in [4.78, 5) is 12.4. The highest BCUT2D eigenvalue weighted by Crippen LogP contribution is 2.32. The number of carbonyl (C=O) groups is 1. The lowest BCUT2D eigenvalue weighted by molar-refractivity contribution is -0.121. The van der Waals surface area contributed by atoms with E-state index in [2.05, 4.69) is 21.2 Å². The molecule has 1 aromatic carbocycles. The summed E-state index contributed by atoms with van der Waals surface area (Å²) >= 11 is 3.24. The maximum atomic E-state index is 13.8. The Balaban J connectivity index is 1.63. The Labute approximate surface area is 133 Å². The fraction of sp³-hybridized carbons (Fsp3) is 0.588. The van der Waals surface area contributed by atoms with Gasteiger partial charge in [-0.1, -0.05) is 34.8 Å². The summed E-state index contributed by atoms with van der Waals surface area (Å²) in [6.45, 7) is 0. The van der Waals surface area contributed by atoms with Crippen molar-refractivity contribution in [2.24, 2.45) is 5.92 Å². The maximum Gasteiger partial charge on any atom is 0.154 e. The van der Waals surface area contributed by atoms with E-state index in [4.69, 9.17) is 0 Å². The minimum atomic E-state index is -0.302. The molecule has 0 spiro atoms. The number of rotatable bonds is 3. The van der Waals surface area contributed by atoms with Crippen molar-refractivity contribution in [2.45, 2.75) is 57.0 Å². The monoisotopic (exact) mass is 353 g/mol. The summed E-state index contributed by atoms with van der Waals surface area (Å²) in [6.07, 6.45) is 7.28. The third-order valence-corrected chi connectivity index (χ3v) is 5.41. The second kappa shape index (κ2) is 6.57. The zero-order chi connectivity index (χ0) is 14.8. The van der Waals surface area contributed by atoms with Crippen molar-refractivity contribution in [1.82, 2.24) is 5.32 Å². The fourth-order valence-electron chi connectivity index (χ4n) is 3.72. The number of benzene rings is 1. The molecule has 3 rings (SSSR count). The lowest BCUT2D eigenvalue weighted by atomic mass is 9.77. The van der Waals surface area contributed by atoms with Gasteiger partial charge in [-0.05, 0) is 49.3 Å². The molecular formula is C17H21BrFNO. The van der Waals surface area contributed by atoms with E-state index in [9.17, 15) is 9.18 Å². The van der Waals surface area contributed by atoms with Gasteiger partial charge in [-0.2, -0.15) is 0 Å². The van der Waals surface area contributed by atoms with E-state index < -0.39 is 0 Å². The molecular weight excluding hydrogens is 333 g/mol. The van der Waals surface area contributed by atoms with E-state index in [1.807, 2.05) is 0 Å². The van der Waals surface area contributed by atoms with Crippen LogP contribution in [0.2, 0.25) is 0 Å². The van der Waals surface area contributed by atoms with E-state index in [0.717, 1.165) is 18.8 Å². The first kappa shape index (κ1) is 15.2. The van der Waals surface area contributed by atoms with Crippen LogP contribution in [0.25, 0.3) is 0 Å². The van der Waals surface area contributed by atoms with Crippen LogP contribution in [-0.4, -0.2) is 17.9 Å². The molecule has 0 radical (unpaired) electrons. The van der Waals surface area contributed by atoms with Gasteiger partial charge in [0.1, 0.15) is 5.82 Å². The van der Waals surface area contributed by atoms with E-state index in [0.29, 0.717) is 16.1 Å². The quantitative estimate of drug-likeness (QED) is 0.889. The van der Waals surface area contributed by atoms with E-state index in [1.54, 1.807) is 12.1 Å². The maximum absolute atomic E-state index is 13.8. The lowest BCUT2D eigenvalue weighted by Gasteiger charge is -2.40. The van der Waals surface area contributed by atoms with Gasteiger partial charge < -0.3 is 5.32 Å². The molecule has 0 bridgehead atoms. The van der Waals surface area contributed by atoms with Crippen molar-refractivity contribution in [3.63, 3.8) is 0 Å². The van der Waals surface area contributed by atoms with E-state index >= 15 is 0 Å². The molecule has 21 heavy (non-hydrogen) atoms. The highest BCUT2D eigenvalue weighted by molar-refractivity contribution is 9.10. The molecule has 1 aliphatic heterocycles. The Morgan fingerprint density at radius 2 is 2.05 bits per heavy atom. The molecule has 1 aromatic rings. The number of nitrogens with one attached hydrogen (secondary N) is 1. The normalized spacial score (nSPS) is 29.0. The first-order valence-corrected chi connectivity index (χ1v) is 8.65. The largest absolute Gasteiger partial charge is 0.304 e. The lowest BCUT2D eigenvalue weighted by Crippen LogP contribution is -2.52. The highest BCUT2D eigenvalue weighted by atomic mass is 79.9.